The van der Waals surface area contributed by atoms with E-state index in [0.29, 0.717) is 0 Å². The number of anilines is 1. The Hall–Kier alpha value is -1.51. The minimum absolute atomic E-state index is 0.136. The molecule has 2 amide bonds. The fourth-order valence-corrected chi connectivity index (χ4v) is 1.75. The second kappa shape index (κ2) is 9.51. The molecule has 0 spiro atoms. The molecule has 1 aromatic rings. The Balaban J connectivity index is 2.00. The normalized spacial score (nSPS) is 10.1. The van der Waals surface area contributed by atoms with Crippen LogP contribution in [0.3, 0.4) is 0 Å². The number of hydrogen-bond donors (Lipinski definition) is 2. The number of benzene rings is 1. The maximum Gasteiger partial charge on any atom is 0.319 e. The molecule has 0 unspecified atom stereocenters. The minimum Gasteiger partial charge on any atom is -0.338 e. The van der Waals surface area contributed by atoms with Crippen molar-refractivity contribution in [1.29, 1.82) is 0 Å². The van der Waals surface area contributed by atoms with Crippen LogP contribution in [0.25, 0.3) is 0 Å². The molecule has 0 bridgehead atoms. The Labute approximate surface area is 110 Å². The van der Waals surface area contributed by atoms with Gasteiger partial charge in [0, 0.05) is 12.2 Å². The lowest BCUT2D eigenvalue weighted by Gasteiger charge is -2.07. The summed E-state index contributed by atoms with van der Waals surface area (Å²) in [5.41, 5.74) is 0.776. The van der Waals surface area contributed by atoms with Crippen LogP contribution in [-0.2, 0) is 0 Å². The summed E-state index contributed by atoms with van der Waals surface area (Å²) in [7, 11) is 0. The van der Waals surface area contributed by atoms with Gasteiger partial charge in [0.25, 0.3) is 0 Å². The van der Waals surface area contributed by atoms with Gasteiger partial charge in [0.05, 0.1) is 0 Å². The average Bonchev–Trinajstić information content (AvgIpc) is 2.39. The van der Waals surface area contributed by atoms with Crippen molar-refractivity contribution >= 4 is 11.7 Å². The molecule has 0 aliphatic carbocycles. The molecule has 99 valence electrons. The van der Waals surface area contributed by atoms with Gasteiger partial charge in [-0.2, -0.15) is 0 Å². The third-order valence-corrected chi connectivity index (χ3v) is 2.78. The summed E-state index contributed by atoms with van der Waals surface area (Å²) in [6, 6.07) is 10.0. The van der Waals surface area contributed by atoms with Crippen LogP contribution in [0.4, 0.5) is 10.5 Å². The molecule has 0 atom stereocenters. The number of hydrogen-bond acceptors (Lipinski definition) is 1. The molecule has 0 heterocycles. The maximum atomic E-state index is 11.5. The van der Waals surface area contributed by atoms with Gasteiger partial charge < -0.3 is 10.6 Å². The zero-order valence-corrected chi connectivity index (χ0v) is 11.2. The van der Waals surface area contributed by atoms with Crippen LogP contribution in [0.5, 0.6) is 0 Å². The fourth-order valence-electron chi connectivity index (χ4n) is 1.75. The smallest absolute Gasteiger partial charge is 0.319 e. The van der Waals surface area contributed by atoms with Gasteiger partial charge in [-0.05, 0) is 24.6 Å². The van der Waals surface area contributed by atoms with Crippen LogP contribution < -0.4 is 10.6 Å². The molecule has 0 aromatic heterocycles. The number of urea groups is 1. The zero-order chi connectivity index (χ0) is 13.1. The van der Waals surface area contributed by atoms with Crippen molar-refractivity contribution in [2.75, 3.05) is 11.9 Å². The third-order valence-electron chi connectivity index (χ3n) is 2.78. The lowest BCUT2D eigenvalue weighted by Crippen LogP contribution is -2.29. The van der Waals surface area contributed by atoms with E-state index in [1.807, 2.05) is 12.1 Å². The summed E-state index contributed by atoms with van der Waals surface area (Å²) < 4.78 is 0. The first-order valence-electron chi connectivity index (χ1n) is 6.84. The standard InChI is InChI=1S/C15H23N2O/c1-2-3-4-5-6-10-13-16-15(18)17-14-11-8-7-9-12-14/h7-8,11-12H,2-6,10,13H2,1H3,(H2,16,17,18). The summed E-state index contributed by atoms with van der Waals surface area (Å²) in [6.07, 6.45) is 7.41. The largest absolute Gasteiger partial charge is 0.338 e. The first kappa shape index (κ1) is 14.6. The van der Waals surface area contributed by atoms with Gasteiger partial charge in [0.15, 0.2) is 0 Å². The molecule has 1 rings (SSSR count). The first-order valence-corrected chi connectivity index (χ1v) is 6.84. The van der Waals surface area contributed by atoms with Gasteiger partial charge in [-0.25, -0.2) is 4.79 Å². The number of nitrogens with one attached hydrogen (secondary N) is 2. The van der Waals surface area contributed by atoms with Gasteiger partial charge in [-0.1, -0.05) is 51.2 Å². The molecular weight excluding hydrogens is 224 g/mol. The van der Waals surface area contributed by atoms with E-state index in [4.69, 9.17) is 0 Å². The van der Waals surface area contributed by atoms with Crippen molar-refractivity contribution in [2.24, 2.45) is 0 Å². The molecule has 1 aromatic carbocycles. The monoisotopic (exact) mass is 247 g/mol. The Morgan fingerprint density at radius 1 is 1.22 bits per heavy atom. The molecule has 0 aliphatic heterocycles. The van der Waals surface area contributed by atoms with E-state index in [2.05, 4.69) is 23.6 Å². The lowest BCUT2D eigenvalue weighted by atomic mass is 10.1. The van der Waals surface area contributed by atoms with E-state index in [1.54, 1.807) is 12.1 Å². The van der Waals surface area contributed by atoms with Gasteiger partial charge in [-0.3, -0.25) is 0 Å². The van der Waals surface area contributed by atoms with Gasteiger partial charge >= 0.3 is 6.03 Å². The second-order valence-corrected chi connectivity index (χ2v) is 4.44. The van der Waals surface area contributed by atoms with Gasteiger partial charge in [-0.15, -0.1) is 0 Å². The van der Waals surface area contributed by atoms with Crippen molar-refractivity contribution < 1.29 is 4.79 Å². The van der Waals surface area contributed by atoms with E-state index in [1.165, 1.54) is 32.1 Å². The third kappa shape index (κ3) is 6.94. The quantitative estimate of drug-likeness (QED) is 0.670. The van der Waals surface area contributed by atoms with E-state index in [0.717, 1.165) is 18.7 Å². The van der Waals surface area contributed by atoms with E-state index < -0.39 is 0 Å². The van der Waals surface area contributed by atoms with Crippen LogP contribution in [0.1, 0.15) is 45.4 Å². The minimum atomic E-state index is -0.136. The van der Waals surface area contributed by atoms with Crippen molar-refractivity contribution in [3.8, 4) is 0 Å². The Morgan fingerprint density at radius 3 is 2.72 bits per heavy atom. The highest BCUT2D eigenvalue weighted by Gasteiger charge is 1.99. The summed E-state index contributed by atoms with van der Waals surface area (Å²) in [4.78, 5) is 11.5. The molecule has 2 N–H and O–H groups in total. The van der Waals surface area contributed by atoms with Crippen LogP contribution in [0.15, 0.2) is 24.3 Å². The highest BCUT2D eigenvalue weighted by Crippen LogP contribution is 2.05. The molecule has 1 radical (unpaired) electrons. The van der Waals surface area contributed by atoms with E-state index in [9.17, 15) is 4.79 Å². The Kier molecular flexibility index (Phi) is 7.69. The zero-order valence-electron chi connectivity index (χ0n) is 11.2. The summed E-state index contributed by atoms with van der Waals surface area (Å²) in [5, 5.41) is 5.63. The van der Waals surface area contributed by atoms with Gasteiger partial charge in [0.2, 0.25) is 0 Å². The molecule has 18 heavy (non-hydrogen) atoms. The Morgan fingerprint density at radius 2 is 2.00 bits per heavy atom. The molecule has 0 saturated heterocycles. The van der Waals surface area contributed by atoms with Crippen molar-refractivity contribution in [2.45, 2.75) is 45.4 Å². The molecular formula is C15H23N2O. The SMILES string of the molecule is CCCCCCCCNC(=O)Nc1c[c]ccc1. The predicted octanol–water partition coefficient (Wildman–Crippen LogP) is 3.97. The van der Waals surface area contributed by atoms with Crippen molar-refractivity contribution in [1.82, 2.24) is 5.32 Å². The van der Waals surface area contributed by atoms with Gasteiger partial charge in [0.1, 0.15) is 0 Å². The summed E-state index contributed by atoms with van der Waals surface area (Å²) in [5.74, 6) is 0. The summed E-state index contributed by atoms with van der Waals surface area (Å²) in [6.45, 7) is 2.96. The molecule has 0 saturated carbocycles. The molecule has 0 aliphatic rings. The number of carbonyl (C=O) groups excluding carboxylic acids is 1. The molecule has 3 heteroatoms. The number of unbranched alkanes of at least 4 members (excludes halogenated alkanes) is 5. The topological polar surface area (TPSA) is 41.1 Å². The predicted molar refractivity (Wildman–Crippen MR) is 75.7 cm³/mol. The number of carbonyl (C=O) groups is 1. The number of rotatable bonds is 8. The lowest BCUT2D eigenvalue weighted by molar-refractivity contribution is 0.252. The van der Waals surface area contributed by atoms with E-state index >= 15 is 0 Å². The van der Waals surface area contributed by atoms with Crippen molar-refractivity contribution in [3.63, 3.8) is 0 Å². The second-order valence-electron chi connectivity index (χ2n) is 4.44. The Bertz CT molecular complexity index is 325. The highest BCUT2D eigenvalue weighted by atomic mass is 16.2. The highest BCUT2D eigenvalue weighted by molar-refractivity contribution is 5.89. The summed E-state index contributed by atoms with van der Waals surface area (Å²) >= 11 is 0. The van der Waals surface area contributed by atoms with Crippen molar-refractivity contribution in [3.05, 3.63) is 30.3 Å². The van der Waals surface area contributed by atoms with Crippen LogP contribution in [-0.4, -0.2) is 12.6 Å². The van der Waals surface area contributed by atoms with E-state index in [-0.39, 0.29) is 6.03 Å². The van der Waals surface area contributed by atoms with Crippen LogP contribution >= 0.6 is 0 Å². The molecule has 3 nitrogen and oxygen atoms in total. The fraction of sp³-hybridized carbons (Fsp3) is 0.533. The van der Waals surface area contributed by atoms with Crippen LogP contribution in [0, 0.1) is 6.07 Å². The first-order chi connectivity index (χ1) is 8.83. The average molecular weight is 247 g/mol. The number of amides is 2. The maximum absolute atomic E-state index is 11.5. The molecule has 0 fully saturated rings. The van der Waals surface area contributed by atoms with Crippen LogP contribution in [0.2, 0.25) is 0 Å².